The van der Waals surface area contributed by atoms with E-state index in [2.05, 4.69) is 14.9 Å². The number of carboxylic acid groups (broad SMARTS) is 1. The van der Waals surface area contributed by atoms with E-state index in [1.165, 1.54) is 27.0 Å². The van der Waals surface area contributed by atoms with E-state index < -0.39 is 16.0 Å². The molecule has 0 aliphatic rings. The monoisotopic (exact) mass is 299 g/mol. The maximum Gasteiger partial charge on any atom is 0.339 e. The second kappa shape index (κ2) is 4.67. The van der Waals surface area contributed by atoms with E-state index in [0.29, 0.717) is 5.69 Å². The smallest absolute Gasteiger partial charge is 0.339 e. The number of hydrogen-bond acceptors (Lipinski definition) is 5. The number of carbonyl (C=O) groups is 1. The Morgan fingerprint density at radius 2 is 2.05 bits per heavy atom. The van der Waals surface area contributed by atoms with Gasteiger partial charge in [-0.2, -0.15) is 0 Å². The normalized spacial score (nSPS) is 11.6. The first-order valence-corrected chi connectivity index (χ1v) is 7.09. The number of aryl methyl sites for hydroxylation is 3. The predicted octanol–water partition coefficient (Wildman–Crippen LogP) is 1.43. The Morgan fingerprint density at radius 1 is 1.40 bits per heavy atom. The number of hydrogen-bond donors (Lipinski definition) is 3. The number of aromatic amines is 1. The van der Waals surface area contributed by atoms with Crippen molar-refractivity contribution in [3.8, 4) is 0 Å². The molecule has 2 aromatic heterocycles. The van der Waals surface area contributed by atoms with Crippen molar-refractivity contribution < 1.29 is 22.8 Å². The van der Waals surface area contributed by atoms with Crippen LogP contribution in [0.5, 0.6) is 0 Å². The van der Waals surface area contributed by atoms with Gasteiger partial charge in [0.25, 0.3) is 10.0 Å². The molecule has 3 N–H and O–H groups in total. The highest BCUT2D eigenvalue weighted by Gasteiger charge is 2.27. The molecular formula is C11H13N3O5S. The van der Waals surface area contributed by atoms with E-state index >= 15 is 0 Å². The molecule has 0 amide bonds. The van der Waals surface area contributed by atoms with Crippen molar-refractivity contribution in [2.75, 3.05) is 4.72 Å². The van der Waals surface area contributed by atoms with Gasteiger partial charge in [0.05, 0.1) is 5.69 Å². The van der Waals surface area contributed by atoms with Crippen LogP contribution >= 0.6 is 0 Å². The number of carboxylic acids is 1. The Hall–Kier alpha value is -2.29. The average Bonchev–Trinajstić information content (AvgIpc) is 2.82. The fourth-order valence-electron chi connectivity index (χ4n) is 1.94. The van der Waals surface area contributed by atoms with Crippen LogP contribution in [0.3, 0.4) is 0 Å². The first-order valence-electron chi connectivity index (χ1n) is 5.61. The summed E-state index contributed by atoms with van der Waals surface area (Å²) >= 11 is 0. The molecule has 108 valence electrons. The number of sulfonamides is 1. The number of H-pyrrole nitrogens is 1. The Balaban J connectivity index is 2.47. The van der Waals surface area contributed by atoms with Gasteiger partial charge in [0.15, 0.2) is 10.7 Å². The molecule has 0 saturated carbocycles. The summed E-state index contributed by atoms with van der Waals surface area (Å²) in [5, 5.41) is 12.7. The van der Waals surface area contributed by atoms with Crippen LogP contribution in [0.25, 0.3) is 0 Å². The number of rotatable bonds is 4. The SMILES string of the molecule is Cc1noc(C)c1S(=O)(=O)Nc1c[nH]c(C)c1C(=O)O. The molecule has 0 aliphatic heterocycles. The maximum atomic E-state index is 12.3. The van der Waals surface area contributed by atoms with Crippen molar-refractivity contribution in [2.24, 2.45) is 0 Å². The van der Waals surface area contributed by atoms with Crippen LogP contribution < -0.4 is 4.72 Å². The molecular weight excluding hydrogens is 286 g/mol. The first kappa shape index (κ1) is 14.1. The van der Waals surface area contributed by atoms with Crippen LogP contribution in [-0.4, -0.2) is 29.6 Å². The lowest BCUT2D eigenvalue weighted by atomic mass is 10.2. The Bertz CT molecular complexity index is 753. The van der Waals surface area contributed by atoms with E-state index in [9.17, 15) is 13.2 Å². The van der Waals surface area contributed by atoms with Gasteiger partial charge < -0.3 is 14.6 Å². The number of nitrogens with one attached hydrogen (secondary N) is 2. The summed E-state index contributed by atoms with van der Waals surface area (Å²) in [6, 6.07) is 0. The van der Waals surface area contributed by atoms with E-state index in [1.54, 1.807) is 0 Å². The molecule has 20 heavy (non-hydrogen) atoms. The van der Waals surface area contributed by atoms with Gasteiger partial charge in [-0.1, -0.05) is 5.16 Å². The number of anilines is 1. The van der Waals surface area contributed by atoms with Gasteiger partial charge in [0, 0.05) is 11.9 Å². The zero-order valence-electron chi connectivity index (χ0n) is 11.0. The van der Waals surface area contributed by atoms with Crippen LogP contribution in [0.4, 0.5) is 5.69 Å². The van der Waals surface area contributed by atoms with Crippen LogP contribution in [0.2, 0.25) is 0 Å². The molecule has 0 atom stereocenters. The third-order valence-corrected chi connectivity index (χ3v) is 4.38. The zero-order valence-corrected chi connectivity index (χ0v) is 11.8. The van der Waals surface area contributed by atoms with Crippen molar-refractivity contribution in [1.82, 2.24) is 10.1 Å². The zero-order chi connectivity index (χ0) is 15.1. The Labute approximate surface area is 114 Å². The second-order valence-corrected chi connectivity index (χ2v) is 5.89. The summed E-state index contributed by atoms with van der Waals surface area (Å²) in [5.74, 6) is -1.08. The Morgan fingerprint density at radius 3 is 2.55 bits per heavy atom. The van der Waals surface area contributed by atoms with Gasteiger partial charge >= 0.3 is 5.97 Å². The van der Waals surface area contributed by atoms with Crippen LogP contribution in [0.15, 0.2) is 15.6 Å². The molecule has 2 aromatic rings. The number of aromatic carboxylic acids is 1. The van der Waals surface area contributed by atoms with Gasteiger partial charge in [-0.15, -0.1) is 0 Å². The van der Waals surface area contributed by atoms with Crippen LogP contribution in [-0.2, 0) is 10.0 Å². The molecule has 0 bridgehead atoms. The van der Waals surface area contributed by atoms with Gasteiger partial charge in [-0.25, -0.2) is 13.2 Å². The summed E-state index contributed by atoms with van der Waals surface area (Å²) < 4.78 is 31.6. The Kier molecular flexibility index (Phi) is 3.30. The summed E-state index contributed by atoms with van der Waals surface area (Å²) in [5.41, 5.74) is 0.406. The van der Waals surface area contributed by atoms with Crippen LogP contribution in [0, 0.1) is 20.8 Å². The van der Waals surface area contributed by atoms with Crippen molar-refractivity contribution in [3.63, 3.8) is 0 Å². The maximum absolute atomic E-state index is 12.3. The van der Waals surface area contributed by atoms with E-state index in [4.69, 9.17) is 9.63 Å². The third-order valence-electron chi connectivity index (χ3n) is 2.77. The van der Waals surface area contributed by atoms with Crippen molar-refractivity contribution in [3.05, 3.63) is 28.9 Å². The topological polar surface area (TPSA) is 125 Å². The van der Waals surface area contributed by atoms with Crippen molar-refractivity contribution in [2.45, 2.75) is 25.7 Å². The second-order valence-electron chi connectivity index (χ2n) is 4.27. The molecule has 9 heteroatoms. The number of aromatic nitrogens is 2. The molecule has 2 rings (SSSR count). The van der Waals surface area contributed by atoms with Gasteiger partial charge in [0.2, 0.25) is 0 Å². The van der Waals surface area contributed by atoms with Crippen molar-refractivity contribution >= 4 is 21.7 Å². The molecule has 0 unspecified atom stereocenters. The molecule has 0 aliphatic carbocycles. The molecule has 8 nitrogen and oxygen atoms in total. The lowest BCUT2D eigenvalue weighted by Gasteiger charge is -2.07. The minimum absolute atomic E-state index is 0.0324. The predicted molar refractivity (Wildman–Crippen MR) is 69.3 cm³/mol. The lowest BCUT2D eigenvalue weighted by Crippen LogP contribution is -2.16. The molecule has 0 spiro atoms. The minimum atomic E-state index is -3.96. The quantitative estimate of drug-likeness (QED) is 0.784. The summed E-state index contributed by atoms with van der Waals surface area (Å²) in [6.45, 7) is 4.50. The summed E-state index contributed by atoms with van der Waals surface area (Å²) in [6.07, 6.45) is 1.29. The van der Waals surface area contributed by atoms with Gasteiger partial charge in [0.1, 0.15) is 11.3 Å². The highest BCUT2D eigenvalue weighted by atomic mass is 32.2. The fourth-order valence-corrected chi connectivity index (χ4v) is 3.33. The molecule has 0 saturated heterocycles. The van der Waals surface area contributed by atoms with Gasteiger partial charge in [-0.05, 0) is 20.8 Å². The van der Waals surface area contributed by atoms with E-state index in [0.717, 1.165) is 0 Å². The number of nitrogens with zero attached hydrogens (tertiary/aromatic N) is 1. The van der Waals surface area contributed by atoms with Crippen molar-refractivity contribution in [1.29, 1.82) is 0 Å². The summed E-state index contributed by atoms with van der Waals surface area (Å²) in [7, 11) is -3.96. The lowest BCUT2D eigenvalue weighted by molar-refractivity contribution is 0.0697. The van der Waals surface area contributed by atoms with Gasteiger partial charge in [-0.3, -0.25) is 4.72 Å². The first-order chi connectivity index (χ1) is 9.24. The van der Waals surface area contributed by atoms with E-state index in [1.807, 2.05) is 0 Å². The fraction of sp³-hybridized carbons (Fsp3) is 0.273. The molecule has 2 heterocycles. The van der Waals surface area contributed by atoms with E-state index in [-0.39, 0.29) is 27.6 Å². The van der Waals surface area contributed by atoms with Crippen LogP contribution in [0.1, 0.15) is 27.5 Å². The summed E-state index contributed by atoms with van der Waals surface area (Å²) in [4.78, 5) is 13.7. The minimum Gasteiger partial charge on any atom is -0.478 e. The third kappa shape index (κ3) is 2.27. The molecule has 0 aromatic carbocycles. The highest BCUT2D eigenvalue weighted by molar-refractivity contribution is 7.92. The standard InChI is InChI=1S/C11H13N3O5S/c1-5-9(11(15)16)8(4-12-5)14-20(17,18)10-6(2)13-19-7(10)3/h4,12,14H,1-3H3,(H,15,16). The molecule has 0 radical (unpaired) electrons. The largest absolute Gasteiger partial charge is 0.478 e. The average molecular weight is 299 g/mol. The molecule has 0 fully saturated rings. The highest BCUT2D eigenvalue weighted by Crippen LogP contribution is 2.25.